The Morgan fingerprint density at radius 1 is 1.14 bits per heavy atom. The summed E-state index contributed by atoms with van der Waals surface area (Å²) in [6.45, 7) is 4.72. The largest absolute Gasteiger partial charge is 0.478 e. The standard InChI is InChI=1S/C22H25N3O3/c1-3-13-27-20-14-19(21(23)24-25(20)18-7-5-4-6-8-18)22(26)28-15-17-11-9-16(2)10-12-17/h4-12,14,19H,3,13,15H2,1-2H3,(H2,23,24). The van der Waals surface area contributed by atoms with Crippen molar-refractivity contribution in [3.8, 4) is 0 Å². The number of ether oxygens (including phenoxy) is 2. The Labute approximate surface area is 165 Å². The molecule has 0 radical (unpaired) electrons. The van der Waals surface area contributed by atoms with Gasteiger partial charge >= 0.3 is 5.97 Å². The molecule has 0 aliphatic carbocycles. The molecular weight excluding hydrogens is 354 g/mol. The number of benzene rings is 2. The minimum Gasteiger partial charge on any atom is -0.478 e. The number of carbonyl (C=O) groups excluding carboxylic acids is 1. The lowest BCUT2D eigenvalue weighted by molar-refractivity contribution is -0.146. The minimum absolute atomic E-state index is 0.168. The third-order valence-electron chi connectivity index (χ3n) is 4.26. The quantitative estimate of drug-likeness (QED) is 0.742. The molecule has 0 bridgehead atoms. The number of nitrogens with two attached hydrogens (primary N) is 1. The molecule has 2 aromatic rings. The molecular formula is C22H25N3O3. The maximum absolute atomic E-state index is 12.6. The van der Waals surface area contributed by atoms with Crippen molar-refractivity contribution in [3.05, 3.63) is 77.7 Å². The zero-order chi connectivity index (χ0) is 19.9. The SMILES string of the molecule is CCCOC1=CC(C(=O)OCc2ccc(C)cc2)C(N)=NN1c1ccccc1. The Kier molecular flexibility index (Phi) is 6.32. The number of hydrogen-bond acceptors (Lipinski definition) is 6. The van der Waals surface area contributed by atoms with E-state index < -0.39 is 11.9 Å². The summed E-state index contributed by atoms with van der Waals surface area (Å²) in [6.07, 6.45) is 2.50. The van der Waals surface area contributed by atoms with Crippen LogP contribution in [0.2, 0.25) is 0 Å². The van der Waals surface area contributed by atoms with E-state index in [2.05, 4.69) is 5.10 Å². The molecule has 1 unspecified atom stereocenters. The van der Waals surface area contributed by atoms with E-state index in [1.807, 2.05) is 68.4 Å². The topological polar surface area (TPSA) is 77.1 Å². The van der Waals surface area contributed by atoms with Crippen LogP contribution in [0.4, 0.5) is 5.69 Å². The van der Waals surface area contributed by atoms with E-state index in [1.165, 1.54) is 0 Å². The lowest BCUT2D eigenvalue weighted by Gasteiger charge is -2.28. The lowest BCUT2D eigenvalue weighted by atomic mass is 10.1. The molecule has 1 aliphatic heterocycles. The maximum Gasteiger partial charge on any atom is 0.321 e. The summed E-state index contributed by atoms with van der Waals surface area (Å²) in [5, 5.41) is 6.00. The summed E-state index contributed by atoms with van der Waals surface area (Å²) in [5.41, 5.74) is 8.97. The van der Waals surface area contributed by atoms with Gasteiger partial charge in [-0.15, -0.1) is 0 Å². The number of hydrazone groups is 1. The molecule has 146 valence electrons. The second-order valence-electron chi connectivity index (χ2n) is 6.60. The van der Waals surface area contributed by atoms with Gasteiger partial charge in [-0.25, -0.2) is 0 Å². The number of rotatable bonds is 7. The molecule has 28 heavy (non-hydrogen) atoms. The van der Waals surface area contributed by atoms with E-state index in [-0.39, 0.29) is 12.4 Å². The summed E-state index contributed by atoms with van der Waals surface area (Å²) < 4.78 is 11.3. The van der Waals surface area contributed by atoms with Crippen LogP contribution < -0.4 is 10.7 Å². The highest BCUT2D eigenvalue weighted by Crippen LogP contribution is 2.26. The van der Waals surface area contributed by atoms with E-state index >= 15 is 0 Å². The average molecular weight is 379 g/mol. The number of para-hydroxylation sites is 1. The zero-order valence-corrected chi connectivity index (χ0v) is 16.2. The summed E-state index contributed by atoms with van der Waals surface area (Å²) in [5.74, 6) is -0.592. The Morgan fingerprint density at radius 3 is 2.54 bits per heavy atom. The van der Waals surface area contributed by atoms with Crippen molar-refractivity contribution in [1.82, 2.24) is 0 Å². The van der Waals surface area contributed by atoms with Crippen LogP contribution in [0.25, 0.3) is 0 Å². The molecule has 0 saturated heterocycles. The van der Waals surface area contributed by atoms with Crippen molar-refractivity contribution in [2.24, 2.45) is 16.8 Å². The second-order valence-corrected chi connectivity index (χ2v) is 6.60. The molecule has 0 amide bonds. The summed E-state index contributed by atoms with van der Waals surface area (Å²) >= 11 is 0. The van der Waals surface area contributed by atoms with Crippen molar-refractivity contribution < 1.29 is 14.3 Å². The van der Waals surface area contributed by atoms with Gasteiger partial charge in [-0.05, 0) is 37.1 Å². The van der Waals surface area contributed by atoms with Crippen LogP contribution in [0.3, 0.4) is 0 Å². The van der Waals surface area contributed by atoms with Gasteiger partial charge in [-0.2, -0.15) is 10.1 Å². The predicted molar refractivity (Wildman–Crippen MR) is 109 cm³/mol. The third kappa shape index (κ3) is 4.71. The number of aryl methyl sites for hydroxylation is 1. The zero-order valence-electron chi connectivity index (χ0n) is 16.2. The second kappa shape index (κ2) is 9.08. The first kappa shape index (κ1) is 19.5. The smallest absolute Gasteiger partial charge is 0.321 e. The highest BCUT2D eigenvalue weighted by Gasteiger charge is 2.30. The summed E-state index contributed by atoms with van der Waals surface area (Å²) in [6, 6.07) is 17.4. The van der Waals surface area contributed by atoms with Crippen molar-refractivity contribution >= 4 is 17.5 Å². The van der Waals surface area contributed by atoms with Crippen molar-refractivity contribution in [2.75, 3.05) is 11.6 Å². The third-order valence-corrected chi connectivity index (χ3v) is 4.26. The first-order valence-electron chi connectivity index (χ1n) is 9.34. The number of esters is 1. The van der Waals surface area contributed by atoms with Crippen molar-refractivity contribution in [2.45, 2.75) is 26.9 Å². The van der Waals surface area contributed by atoms with Gasteiger partial charge in [-0.3, -0.25) is 4.79 Å². The molecule has 0 fully saturated rings. The molecule has 6 heteroatoms. The molecule has 6 nitrogen and oxygen atoms in total. The minimum atomic E-state index is -0.780. The molecule has 0 saturated carbocycles. The Balaban J connectivity index is 1.75. The summed E-state index contributed by atoms with van der Waals surface area (Å²) in [7, 11) is 0. The van der Waals surface area contributed by atoms with Gasteiger partial charge in [0.15, 0.2) is 0 Å². The number of nitrogens with zero attached hydrogens (tertiary/aromatic N) is 2. The number of anilines is 1. The van der Waals surface area contributed by atoms with E-state index in [0.717, 1.165) is 23.2 Å². The predicted octanol–water partition coefficient (Wildman–Crippen LogP) is 3.71. The van der Waals surface area contributed by atoms with Crippen LogP contribution in [0.5, 0.6) is 0 Å². The number of hydrogen-bond donors (Lipinski definition) is 1. The lowest BCUT2D eigenvalue weighted by Crippen LogP contribution is -2.38. The highest BCUT2D eigenvalue weighted by atomic mass is 16.5. The molecule has 0 aromatic heterocycles. The normalized spacial score (nSPS) is 16.2. The molecule has 1 aliphatic rings. The van der Waals surface area contributed by atoms with Crippen LogP contribution in [-0.4, -0.2) is 18.4 Å². The highest BCUT2D eigenvalue weighted by molar-refractivity contribution is 6.03. The Hall–Kier alpha value is -3.28. The van der Waals surface area contributed by atoms with Crippen LogP contribution in [0, 0.1) is 12.8 Å². The summed E-state index contributed by atoms with van der Waals surface area (Å²) in [4.78, 5) is 12.6. The molecule has 2 N–H and O–H groups in total. The van der Waals surface area contributed by atoms with Gasteiger partial charge in [0.05, 0.1) is 12.3 Å². The van der Waals surface area contributed by atoms with Gasteiger partial charge in [-0.1, -0.05) is 55.0 Å². The van der Waals surface area contributed by atoms with Gasteiger partial charge in [0.25, 0.3) is 0 Å². The average Bonchev–Trinajstić information content (AvgIpc) is 2.72. The number of amidine groups is 1. The fourth-order valence-corrected chi connectivity index (χ4v) is 2.71. The number of carbonyl (C=O) groups is 1. The van der Waals surface area contributed by atoms with Crippen LogP contribution >= 0.6 is 0 Å². The van der Waals surface area contributed by atoms with Gasteiger partial charge in [0, 0.05) is 0 Å². The van der Waals surface area contributed by atoms with Crippen LogP contribution in [0.15, 0.2) is 71.7 Å². The van der Waals surface area contributed by atoms with E-state index in [4.69, 9.17) is 15.2 Å². The first-order valence-corrected chi connectivity index (χ1v) is 9.34. The van der Waals surface area contributed by atoms with E-state index in [0.29, 0.717) is 12.5 Å². The molecule has 3 rings (SSSR count). The first-order chi connectivity index (χ1) is 13.6. The van der Waals surface area contributed by atoms with E-state index in [9.17, 15) is 4.79 Å². The van der Waals surface area contributed by atoms with Gasteiger partial charge in [0.2, 0.25) is 5.88 Å². The Bertz CT molecular complexity index is 860. The molecule has 0 spiro atoms. The fraction of sp³-hybridized carbons (Fsp3) is 0.273. The monoisotopic (exact) mass is 379 g/mol. The van der Waals surface area contributed by atoms with Crippen LogP contribution in [-0.2, 0) is 20.9 Å². The molecule has 1 heterocycles. The van der Waals surface area contributed by atoms with Gasteiger partial charge in [0.1, 0.15) is 18.4 Å². The molecule has 1 atom stereocenters. The van der Waals surface area contributed by atoms with Gasteiger partial charge < -0.3 is 15.2 Å². The Morgan fingerprint density at radius 2 is 1.86 bits per heavy atom. The fourth-order valence-electron chi connectivity index (χ4n) is 2.71. The van der Waals surface area contributed by atoms with Crippen molar-refractivity contribution in [3.63, 3.8) is 0 Å². The van der Waals surface area contributed by atoms with E-state index in [1.54, 1.807) is 11.1 Å². The van der Waals surface area contributed by atoms with Crippen LogP contribution in [0.1, 0.15) is 24.5 Å². The maximum atomic E-state index is 12.6. The van der Waals surface area contributed by atoms with Crippen molar-refractivity contribution in [1.29, 1.82) is 0 Å². The molecule has 2 aromatic carbocycles.